The zero-order chi connectivity index (χ0) is 16.9. The third kappa shape index (κ3) is 3.86. The SMILES string of the molecule is CC(C)c1cc(Cc2ccccc2)c(N)c(Cc2ccccc2)c1. The first-order valence-electron chi connectivity index (χ1n) is 8.62. The van der Waals surface area contributed by atoms with Crippen LogP contribution in [0.15, 0.2) is 72.8 Å². The van der Waals surface area contributed by atoms with Crippen LogP contribution in [0.2, 0.25) is 0 Å². The van der Waals surface area contributed by atoms with E-state index in [1.54, 1.807) is 0 Å². The van der Waals surface area contributed by atoms with Gasteiger partial charge in [-0.3, -0.25) is 0 Å². The van der Waals surface area contributed by atoms with Crippen LogP contribution in [0.4, 0.5) is 5.69 Å². The Kier molecular flexibility index (Phi) is 5.00. The second kappa shape index (κ2) is 7.35. The van der Waals surface area contributed by atoms with Crippen molar-refractivity contribution in [3.05, 3.63) is 101 Å². The van der Waals surface area contributed by atoms with Crippen molar-refractivity contribution in [3.8, 4) is 0 Å². The average molecular weight is 315 g/mol. The van der Waals surface area contributed by atoms with Crippen LogP contribution in [0.5, 0.6) is 0 Å². The highest BCUT2D eigenvalue weighted by atomic mass is 14.6. The van der Waals surface area contributed by atoms with Crippen molar-refractivity contribution in [1.82, 2.24) is 0 Å². The van der Waals surface area contributed by atoms with Gasteiger partial charge in [-0.15, -0.1) is 0 Å². The molecular formula is C23H25N. The fraction of sp³-hybridized carbons (Fsp3) is 0.217. The minimum Gasteiger partial charge on any atom is -0.398 e. The maximum Gasteiger partial charge on any atom is 0.0386 e. The summed E-state index contributed by atoms with van der Waals surface area (Å²) >= 11 is 0. The lowest BCUT2D eigenvalue weighted by molar-refractivity contribution is 0.860. The Morgan fingerprint density at radius 3 is 1.50 bits per heavy atom. The molecule has 2 N–H and O–H groups in total. The van der Waals surface area contributed by atoms with Crippen molar-refractivity contribution in [2.45, 2.75) is 32.6 Å². The summed E-state index contributed by atoms with van der Waals surface area (Å²) in [7, 11) is 0. The fourth-order valence-electron chi connectivity index (χ4n) is 3.06. The van der Waals surface area contributed by atoms with Gasteiger partial charge < -0.3 is 5.73 Å². The Hall–Kier alpha value is -2.54. The quantitative estimate of drug-likeness (QED) is 0.612. The zero-order valence-electron chi connectivity index (χ0n) is 14.5. The van der Waals surface area contributed by atoms with Gasteiger partial charge in [0.25, 0.3) is 0 Å². The fourth-order valence-corrected chi connectivity index (χ4v) is 3.06. The molecule has 0 unspecified atom stereocenters. The van der Waals surface area contributed by atoms with Crippen molar-refractivity contribution in [1.29, 1.82) is 0 Å². The lowest BCUT2D eigenvalue weighted by Gasteiger charge is -2.16. The van der Waals surface area contributed by atoms with E-state index in [2.05, 4.69) is 86.6 Å². The van der Waals surface area contributed by atoms with Crippen molar-refractivity contribution < 1.29 is 0 Å². The number of hydrogen-bond donors (Lipinski definition) is 1. The lowest BCUT2D eigenvalue weighted by Crippen LogP contribution is -2.04. The molecule has 0 atom stereocenters. The third-order valence-corrected chi connectivity index (χ3v) is 4.52. The maximum atomic E-state index is 6.55. The van der Waals surface area contributed by atoms with Crippen LogP contribution in [0.3, 0.4) is 0 Å². The van der Waals surface area contributed by atoms with Gasteiger partial charge in [-0.2, -0.15) is 0 Å². The minimum absolute atomic E-state index is 0.495. The highest BCUT2D eigenvalue weighted by molar-refractivity contribution is 5.58. The molecule has 0 heterocycles. The van der Waals surface area contributed by atoms with E-state index in [9.17, 15) is 0 Å². The van der Waals surface area contributed by atoms with Crippen molar-refractivity contribution in [2.24, 2.45) is 0 Å². The second-order valence-electron chi connectivity index (χ2n) is 6.73. The Morgan fingerprint density at radius 2 is 1.12 bits per heavy atom. The number of benzene rings is 3. The predicted octanol–water partition coefficient (Wildman–Crippen LogP) is 5.57. The molecule has 0 spiro atoms. The van der Waals surface area contributed by atoms with Gasteiger partial charge in [0.15, 0.2) is 0 Å². The van der Waals surface area contributed by atoms with Gasteiger partial charge in [0.2, 0.25) is 0 Å². The number of anilines is 1. The topological polar surface area (TPSA) is 26.0 Å². The maximum absolute atomic E-state index is 6.55. The van der Waals surface area contributed by atoms with Gasteiger partial charge in [0.1, 0.15) is 0 Å². The molecule has 0 bridgehead atoms. The van der Waals surface area contributed by atoms with Gasteiger partial charge in [-0.05, 0) is 46.6 Å². The summed E-state index contributed by atoms with van der Waals surface area (Å²) < 4.78 is 0. The Morgan fingerprint density at radius 1 is 0.708 bits per heavy atom. The number of rotatable bonds is 5. The van der Waals surface area contributed by atoms with E-state index in [1.165, 1.54) is 27.8 Å². The first-order chi connectivity index (χ1) is 11.6. The van der Waals surface area contributed by atoms with Crippen molar-refractivity contribution in [2.75, 3.05) is 5.73 Å². The Labute approximate surface area is 145 Å². The van der Waals surface area contributed by atoms with Crippen LogP contribution >= 0.6 is 0 Å². The van der Waals surface area contributed by atoms with E-state index < -0.39 is 0 Å². The van der Waals surface area contributed by atoms with Crippen LogP contribution in [-0.4, -0.2) is 0 Å². The predicted molar refractivity (Wildman–Crippen MR) is 103 cm³/mol. The first-order valence-corrected chi connectivity index (χ1v) is 8.62. The molecule has 0 amide bonds. The second-order valence-corrected chi connectivity index (χ2v) is 6.73. The highest BCUT2D eigenvalue weighted by Crippen LogP contribution is 2.28. The summed E-state index contributed by atoms with van der Waals surface area (Å²) in [4.78, 5) is 0. The summed E-state index contributed by atoms with van der Waals surface area (Å²) in [5.41, 5.74) is 13.9. The molecule has 122 valence electrons. The summed E-state index contributed by atoms with van der Waals surface area (Å²) in [6.45, 7) is 4.48. The summed E-state index contributed by atoms with van der Waals surface area (Å²) in [5.74, 6) is 0.495. The Bertz CT molecular complexity index is 726. The minimum atomic E-state index is 0.495. The monoisotopic (exact) mass is 315 g/mol. The zero-order valence-corrected chi connectivity index (χ0v) is 14.5. The van der Waals surface area contributed by atoms with E-state index in [4.69, 9.17) is 5.73 Å². The molecule has 0 saturated heterocycles. The van der Waals surface area contributed by atoms with Gasteiger partial charge >= 0.3 is 0 Å². The van der Waals surface area contributed by atoms with Crippen LogP contribution < -0.4 is 5.73 Å². The molecule has 0 fully saturated rings. The van der Waals surface area contributed by atoms with E-state index in [0.29, 0.717) is 5.92 Å². The smallest absolute Gasteiger partial charge is 0.0386 e. The molecular weight excluding hydrogens is 290 g/mol. The average Bonchev–Trinajstić information content (AvgIpc) is 2.60. The first kappa shape index (κ1) is 16.3. The van der Waals surface area contributed by atoms with Crippen LogP contribution in [-0.2, 0) is 12.8 Å². The van der Waals surface area contributed by atoms with E-state index >= 15 is 0 Å². The largest absolute Gasteiger partial charge is 0.398 e. The van der Waals surface area contributed by atoms with Gasteiger partial charge in [0, 0.05) is 5.69 Å². The van der Waals surface area contributed by atoms with E-state index in [-0.39, 0.29) is 0 Å². The molecule has 3 rings (SSSR count). The number of nitrogens with two attached hydrogens (primary N) is 1. The molecule has 0 aliphatic rings. The summed E-state index contributed by atoms with van der Waals surface area (Å²) in [6.07, 6.45) is 1.77. The van der Waals surface area contributed by atoms with Crippen LogP contribution in [0.25, 0.3) is 0 Å². The third-order valence-electron chi connectivity index (χ3n) is 4.52. The molecule has 0 aliphatic heterocycles. The molecule has 1 nitrogen and oxygen atoms in total. The van der Waals surface area contributed by atoms with Crippen LogP contribution in [0.1, 0.15) is 47.6 Å². The van der Waals surface area contributed by atoms with Gasteiger partial charge in [-0.25, -0.2) is 0 Å². The van der Waals surface area contributed by atoms with E-state index in [1.807, 2.05) is 0 Å². The highest BCUT2D eigenvalue weighted by Gasteiger charge is 2.11. The molecule has 0 radical (unpaired) electrons. The lowest BCUT2D eigenvalue weighted by atomic mass is 9.91. The number of nitrogen functional groups attached to an aromatic ring is 1. The van der Waals surface area contributed by atoms with Crippen molar-refractivity contribution in [3.63, 3.8) is 0 Å². The molecule has 0 aliphatic carbocycles. The Balaban J connectivity index is 1.98. The molecule has 24 heavy (non-hydrogen) atoms. The molecule has 3 aromatic rings. The van der Waals surface area contributed by atoms with Crippen molar-refractivity contribution >= 4 is 5.69 Å². The normalized spacial score (nSPS) is 11.0. The molecule has 0 aromatic heterocycles. The summed E-state index contributed by atoms with van der Waals surface area (Å²) in [6, 6.07) is 25.7. The van der Waals surface area contributed by atoms with Gasteiger partial charge in [-0.1, -0.05) is 86.6 Å². The molecule has 1 heteroatoms. The van der Waals surface area contributed by atoms with E-state index in [0.717, 1.165) is 18.5 Å². The standard InChI is InChI=1S/C23H25N/c1-17(2)20-15-21(13-18-9-5-3-6-10-18)23(24)22(16-20)14-19-11-7-4-8-12-19/h3-12,15-17H,13-14,24H2,1-2H3. The van der Waals surface area contributed by atoms with Crippen LogP contribution in [0, 0.1) is 0 Å². The number of hydrogen-bond acceptors (Lipinski definition) is 1. The molecule has 0 saturated carbocycles. The summed E-state index contributed by atoms with van der Waals surface area (Å²) in [5, 5.41) is 0. The molecule has 3 aromatic carbocycles. The van der Waals surface area contributed by atoms with Gasteiger partial charge in [0.05, 0.1) is 0 Å².